The first-order chi connectivity index (χ1) is 14.1. The van der Waals surface area contributed by atoms with Gasteiger partial charge in [-0.3, -0.25) is 4.90 Å². The maximum absolute atomic E-state index is 14.3. The summed E-state index contributed by atoms with van der Waals surface area (Å²) in [6, 6.07) is 7.42. The topological polar surface area (TPSA) is 77.4 Å². The number of aliphatic hydroxyl groups is 1. The summed E-state index contributed by atoms with van der Waals surface area (Å²) in [5, 5.41) is 15.1. The van der Waals surface area contributed by atoms with Crippen molar-refractivity contribution in [2.24, 2.45) is 0 Å². The van der Waals surface area contributed by atoms with Gasteiger partial charge in [-0.15, -0.1) is 11.3 Å². The number of hydrogen-bond acceptors (Lipinski definition) is 8. The molecular weight excluding hydrogens is 415 g/mol. The minimum absolute atomic E-state index is 0.0970. The monoisotopic (exact) mass is 434 g/mol. The highest BCUT2D eigenvalue weighted by atomic mass is 35.5. The van der Waals surface area contributed by atoms with Crippen LogP contribution in [0.4, 0.5) is 21.3 Å². The van der Waals surface area contributed by atoms with E-state index in [4.69, 9.17) is 16.7 Å². The number of aromatic nitrogens is 3. The lowest BCUT2D eigenvalue weighted by molar-refractivity contribution is 0.188. The van der Waals surface area contributed by atoms with E-state index in [0.29, 0.717) is 22.6 Å². The van der Waals surface area contributed by atoms with E-state index in [1.165, 1.54) is 17.5 Å². The highest BCUT2D eigenvalue weighted by molar-refractivity contribution is 7.14. The first kappa shape index (κ1) is 20.0. The fourth-order valence-electron chi connectivity index (χ4n) is 3.12. The van der Waals surface area contributed by atoms with Crippen molar-refractivity contribution >= 4 is 39.8 Å². The van der Waals surface area contributed by atoms with Gasteiger partial charge in [-0.2, -0.15) is 4.98 Å². The average molecular weight is 435 g/mol. The number of benzene rings is 1. The van der Waals surface area contributed by atoms with E-state index in [1.54, 1.807) is 6.07 Å². The van der Waals surface area contributed by atoms with E-state index in [0.717, 1.165) is 37.4 Å². The molecule has 0 atom stereocenters. The Morgan fingerprint density at radius 3 is 2.79 bits per heavy atom. The molecule has 0 unspecified atom stereocenters. The summed E-state index contributed by atoms with van der Waals surface area (Å²) >= 11 is 7.41. The number of aliphatic hydroxyl groups excluding tert-OH is 1. The number of halogens is 2. The number of nitrogens with one attached hydrogen (secondary N) is 1. The summed E-state index contributed by atoms with van der Waals surface area (Å²) in [7, 11) is 0. The summed E-state index contributed by atoms with van der Waals surface area (Å²) in [4.78, 5) is 17.2. The van der Waals surface area contributed by atoms with Gasteiger partial charge in [0.15, 0.2) is 16.8 Å². The summed E-state index contributed by atoms with van der Waals surface area (Å²) < 4.78 is 14.3. The number of β-amino-alcohol motifs (C(OH)–C–C–N with tert-alkyl or cyclic N) is 1. The normalized spacial score (nSPS) is 14.9. The molecule has 0 amide bonds. The molecule has 1 aliphatic rings. The summed E-state index contributed by atoms with van der Waals surface area (Å²) in [6.07, 6.45) is 1.18. The summed E-state index contributed by atoms with van der Waals surface area (Å²) in [6.45, 7) is 3.86. The second-order valence-corrected chi connectivity index (χ2v) is 7.89. The van der Waals surface area contributed by atoms with Crippen LogP contribution in [0.1, 0.15) is 0 Å². The first-order valence-electron chi connectivity index (χ1n) is 9.21. The van der Waals surface area contributed by atoms with E-state index in [9.17, 15) is 4.39 Å². The molecule has 1 fully saturated rings. The second kappa shape index (κ2) is 9.00. The molecule has 1 saturated heterocycles. The number of rotatable bonds is 6. The van der Waals surface area contributed by atoms with Crippen molar-refractivity contribution in [3.05, 3.63) is 46.7 Å². The number of thiazole rings is 1. The molecule has 3 aromatic rings. The zero-order valence-corrected chi connectivity index (χ0v) is 17.1. The van der Waals surface area contributed by atoms with E-state index in [-0.39, 0.29) is 12.4 Å². The van der Waals surface area contributed by atoms with Crippen LogP contribution in [0.5, 0.6) is 0 Å². The van der Waals surface area contributed by atoms with Crippen LogP contribution in [0.15, 0.2) is 35.8 Å². The summed E-state index contributed by atoms with van der Waals surface area (Å²) in [5.41, 5.74) is 1.65. The molecule has 0 spiro atoms. The van der Waals surface area contributed by atoms with E-state index in [1.807, 2.05) is 28.5 Å². The van der Waals surface area contributed by atoms with Gasteiger partial charge in [0.1, 0.15) is 0 Å². The Bertz CT molecular complexity index is 979. The molecule has 0 radical (unpaired) electrons. The third kappa shape index (κ3) is 4.81. The van der Waals surface area contributed by atoms with E-state index >= 15 is 0 Å². The summed E-state index contributed by atoms with van der Waals surface area (Å²) in [5.74, 6) is 0.0381. The highest BCUT2D eigenvalue weighted by Crippen LogP contribution is 2.29. The molecular formula is C19H20ClFN6OS. The molecule has 0 bridgehead atoms. The predicted molar refractivity (Wildman–Crippen MR) is 114 cm³/mol. The molecule has 7 nitrogen and oxygen atoms in total. The molecule has 1 aliphatic heterocycles. The molecule has 2 N–H and O–H groups in total. The maximum Gasteiger partial charge on any atom is 0.227 e. The average Bonchev–Trinajstić information content (AvgIpc) is 3.19. The van der Waals surface area contributed by atoms with Crippen molar-refractivity contribution in [2.75, 3.05) is 49.5 Å². The minimum atomic E-state index is -0.535. The molecule has 152 valence electrons. The largest absolute Gasteiger partial charge is 0.395 e. The quantitative estimate of drug-likeness (QED) is 0.616. The molecule has 0 aliphatic carbocycles. The van der Waals surface area contributed by atoms with Gasteiger partial charge in [0.2, 0.25) is 5.95 Å². The Kier molecular flexibility index (Phi) is 6.19. The van der Waals surface area contributed by atoms with Gasteiger partial charge in [0, 0.05) is 48.7 Å². The fourth-order valence-corrected chi connectivity index (χ4v) is 4.03. The molecule has 0 saturated carbocycles. The number of anilines is 3. The minimum Gasteiger partial charge on any atom is -0.395 e. The Morgan fingerprint density at radius 2 is 2.03 bits per heavy atom. The third-order valence-corrected chi connectivity index (χ3v) is 5.65. The van der Waals surface area contributed by atoms with Crippen LogP contribution >= 0.6 is 22.9 Å². The van der Waals surface area contributed by atoms with Crippen molar-refractivity contribution in [2.45, 2.75) is 0 Å². The first-order valence-corrected chi connectivity index (χ1v) is 10.5. The lowest BCUT2D eigenvalue weighted by Gasteiger charge is -2.34. The van der Waals surface area contributed by atoms with Crippen molar-refractivity contribution in [3.63, 3.8) is 0 Å². The maximum atomic E-state index is 14.3. The highest BCUT2D eigenvalue weighted by Gasteiger charge is 2.20. The zero-order valence-electron chi connectivity index (χ0n) is 15.6. The molecule has 10 heteroatoms. The van der Waals surface area contributed by atoms with Crippen LogP contribution in [0.3, 0.4) is 0 Å². The van der Waals surface area contributed by atoms with Crippen molar-refractivity contribution in [3.8, 4) is 11.3 Å². The van der Waals surface area contributed by atoms with Gasteiger partial charge in [-0.05, 0) is 12.1 Å². The number of hydrogen-bond donors (Lipinski definition) is 2. The predicted octanol–water partition coefficient (Wildman–Crippen LogP) is 3.25. The van der Waals surface area contributed by atoms with Crippen LogP contribution in [0.2, 0.25) is 5.02 Å². The van der Waals surface area contributed by atoms with Gasteiger partial charge in [-0.25, -0.2) is 14.4 Å². The van der Waals surface area contributed by atoms with Crippen LogP contribution in [-0.4, -0.2) is 64.3 Å². The molecule has 3 heterocycles. The van der Waals surface area contributed by atoms with Crippen molar-refractivity contribution < 1.29 is 9.50 Å². The number of piperazine rings is 1. The van der Waals surface area contributed by atoms with Crippen LogP contribution in [-0.2, 0) is 0 Å². The van der Waals surface area contributed by atoms with Crippen LogP contribution in [0, 0.1) is 5.82 Å². The van der Waals surface area contributed by atoms with Gasteiger partial charge >= 0.3 is 0 Å². The number of nitrogens with zero attached hydrogens (tertiary/aromatic N) is 5. The van der Waals surface area contributed by atoms with Crippen LogP contribution in [0.25, 0.3) is 11.3 Å². The lowest BCUT2D eigenvalue weighted by atomic mass is 10.2. The van der Waals surface area contributed by atoms with E-state index < -0.39 is 5.82 Å². The fraction of sp³-hybridized carbons (Fsp3) is 0.316. The Hall–Kier alpha value is -2.33. The molecule has 2 aromatic heterocycles. The second-order valence-electron chi connectivity index (χ2n) is 6.59. The van der Waals surface area contributed by atoms with Gasteiger partial charge in [0.05, 0.1) is 18.5 Å². The molecule has 4 rings (SSSR count). The Balaban J connectivity index is 1.48. The zero-order chi connectivity index (χ0) is 20.2. The standard InChI is InChI=1S/C19H20ClFN6OS/c20-14-3-1-2-13(10-14)16-12-29-19(23-16)25-17-15(21)11-22-18(24-17)27-6-4-26(5-7-27)8-9-28/h1-3,10-12,28H,4-9H2,(H,22,23,24,25). The lowest BCUT2D eigenvalue weighted by Crippen LogP contribution is -2.47. The Morgan fingerprint density at radius 1 is 1.21 bits per heavy atom. The van der Waals surface area contributed by atoms with E-state index in [2.05, 4.69) is 25.2 Å². The van der Waals surface area contributed by atoms with Gasteiger partial charge in [-0.1, -0.05) is 23.7 Å². The van der Waals surface area contributed by atoms with Gasteiger partial charge in [0.25, 0.3) is 0 Å². The van der Waals surface area contributed by atoms with Crippen molar-refractivity contribution in [1.29, 1.82) is 0 Å². The van der Waals surface area contributed by atoms with Crippen LogP contribution < -0.4 is 10.2 Å². The SMILES string of the molecule is OCCN1CCN(c2ncc(F)c(Nc3nc(-c4cccc(Cl)c4)cs3)n2)CC1. The van der Waals surface area contributed by atoms with Crippen molar-refractivity contribution in [1.82, 2.24) is 19.9 Å². The molecule has 29 heavy (non-hydrogen) atoms. The Labute approximate surface area is 176 Å². The smallest absolute Gasteiger partial charge is 0.227 e. The third-order valence-electron chi connectivity index (χ3n) is 4.65. The van der Waals surface area contributed by atoms with Gasteiger partial charge < -0.3 is 15.3 Å². The molecule has 1 aromatic carbocycles.